The van der Waals surface area contributed by atoms with E-state index in [1.807, 2.05) is 0 Å². The van der Waals surface area contributed by atoms with Crippen LogP contribution in [0.5, 0.6) is 0 Å². The fourth-order valence-corrected chi connectivity index (χ4v) is 3.95. The molecule has 0 aromatic heterocycles. The average Bonchev–Trinajstić information content (AvgIpc) is 2.38. The molecule has 3 N–H and O–H groups in total. The van der Waals surface area contributed by atoms with Crippen LogP contribution in [0.2, 0.25) is 0 Å². The standard InChI is InChI=1S/C12H18N2O3S/c13-8-10-4-1-2-6-12(10)18(16,17)14-7-3-5-11(15)9-14/h1-2,4,6,11,15H,3,5,7-9,13H2. The van der Waals surface area contributed by atoms with Gasteiger partial charge in [-0.15, -0.1) is 0 Å². The van der Waals surface area contributed by atoms with Gasteiger partial charge in [0, 0.05) is 19.6 Å². The molecule has 0 saturated carbocycles. The molecule has 18 heavy (non-hydrogen) atoms. The first kappa shape index (κ1) is 13.5. The molecule has 1 aromatic rings. The van der Waals surface area contributed by atoms with Gasteiger partial charge < -0.3 is 10.8 Å². The number of β-amino-alcohol motifs (C(OH)–C–C–N with tert-alkyl or cyclic N) is 1. The van der Waals surface area contributed by atoms with Gasteiger partial charge in [-0.3, -0.25) is 0 Å². The molecule has 1 aliphatic heterocycles. The number of sulfonamides is 1. The number of hydrogen-bond donors (Lipinski definition) is 2. The van der Waals surface area contributed by atoms with Gasteiger partial charge in [-0.2, -0.15) is 4.31 Å². The summed E-state index contributed by atoms with van der Waals surface area (Å²) in [6.45, 7) is 0.811. The molecule has 1 aromatic carbocycles. The molecule has 1 fully saturated rings. The lowest BCUT2D eigenvalue weighted by Crippen LogP contribution is -2.42. The average molecular weight is 270 g/mol. The summed E-state index contributed by atoms with van der Waals surface area (Å²) in [6, 6.07) is 6.74. The molecule has 0 aliphatic carbocycles. The van der Waals surface area contributed by atoms with E-state index >= 15 is 0 Å². The summed E-state index contributed by atoms with van der Waals surface area (Å²) < 4.78 is 26.3. The van der Waals surface area contributed by atoms with Crippen LogP contribution in [-0.2, 0) is 16.6 Å². The highest BCUT2D eigenvalue weighted by Crippen LogP contribution is 2.23. The Balaban J connectivity index is 2.35. The lowest BCUT2D eigenvalue weighted by atomic mass is 10.1. The number of rotatable bonds is 3. The van der Waals surface area contributed by atoms with Crippen molar-refractivity contribution in [2.75, 3.05) is 13.1 Å². The van der Waals surface area contributed by atoms with Gasteiger partial charge >= 0.3 is 0 Å². The van der Waals surface area contributed by atoms with E-state index in [1.165, 1.54) is 4.31 Å². The second-order valence-corrected chi connectivity index (χ2v) is 6.38. The zero-order valence-electron chi connectivity index (χ0n) is 10.1. The maximum Gasteiger partial charge on any atom is 0.243 e. The van der Waals surface area contributed by atoms with E-state index in [0.29, 0.717) is 24.9 Å². The molecule has 0 spiro atoms. The molecule has 0 radical (unpaired) electrons. The number of piperidine rings is 1. The van der Waals surface area contributed by atoms with Crippen LogP contribution >= 0.6 is 0 Å². The summed E-state index contributed by atoms with van der Waals surface area (Å²) in [5, 5.41) is 9.59. The van der Waals surface area contributed by atoms with Crippen molar-refractivity contribution in [2.24, 2.45) is 5.73 Å². The Morgan fingerprint density at radius 2 is 2.11 bits per heavy atom. The molecule has 2 rings (SSSR count). The molecule has 1 unspecified atom stereocenters. The maximum atomic E-state index is 12.5. The van der Waals surface area contributed by atoms with Gasteiger partial charge in [-0.05, 0) is 24.5 Å². The fourth-order valence-electron chi connectivity index (χ4n) is 2.20. The lowest BCUT2D eigenvalue weighted by Gasteiger charge is -2.29. The third-order valence-electron chi connectivity index (χ3n) is 3.17. The lowest BCUT2D eigenvalue weighted by molar-refractivity contribution is 0.108. The number of nitrogens with zero attached hydrogens (tertiary/aromatic N) is 1. The van der Waals surface area contributed by atoms with Gasteiger partial charge in [0.25, 0.3) is 0 Å². The molecule has 0 bridgehead atoms. The van der Waals surface area contributed by atoms with Crippen LogP contribution in [0.3, 0.4) is 0 Å². The van der Waals surface area contributed by atoms with E-state index in [9.17, 15) is 13.5 Å². The van der Waals surface area contributed by atoms with Crippen molar-refractivity contribution in [1.82, 2.24) is 4.31 Å². The molecule has 100 valence electrons. The van der Waals surface area contributed by atoms with Crippen molar-refractivity contribution in [2.45, 2.75) is 30.4 Å². The van der Waals surface area contributed by atoms with Crippen LogP contribution in [-0.4, -0.2) is 37.0 Å². The summed E-state index contributed by atoms with van der Waals surface area (Å²) in [4.78, 5) is 0.251. The normalized spacial score (nSPS) is 22.0. The van der Waals surface area contributed by atoms with Gasteiger partial charge in [-0.25, -0.2) is 8.42 Å². The van der Waals surface area contributed by atoms with Gasteiger partial charge in [0.1, 0.15) is 0 Å². The zero-order valence-corrected chi connectivity index (χ0v) is 10.9. The maximum absolute atomic E-state index is 12.5. The van der Waals surface area contributed by atoms with E-state index in [2.05, 4.69) is 0 Å². The molecule has 1 atom stereocenters. The van der Waals surface area contributed by atoms with Crippen molar-refractivity contribution in [1.29, 1.82) is 0 Å². The third kappa shape index (κ3) is 2.56. The summed E-state index contributed by atoms with van der Waals surface area (Å²) in [7, 11) is -3.54. The Labute approximate surface area is 107 Å². The number of benzene rings is 1. The van der Waals surface area contributed by atoms with Crippen LogP contribution < -0.4 is 5.73 Å². The smallest absolute Gasteiger partial charge is 0.243 e. The Bertz CT molecular complexity index is 516. The molecule has 0 amide bonds. The molecular weight excluding hydrogens is 252 g/mol. The van der Waals surface area contributed by atoms with Crippen molar-refractivity contribution in [3.05, 3.63) is 29.8 Å². The predicted octanol–water partition coefficient (Wildman–Crippen LogP) is 0.291. The minimum Gasteiger partial charge on any atom is -0.392 e. The number of aliphatic hydroxyl groups is 1. The van der Waals surface area contributed by atoms with Gasteiger partial charge in [-0.1, -0.05) is 18.2 Å². The van der Waals surface area contributed by atoms with Gasteiger partial charge in [0.2, 0.25) is 10.0 Å². The quantitative estimate of drug-likeness (QED) is 0.827. The summed E-state index contributed by atoms with van der Waals surface area (Å²) >= 11 is 0. The largest absolute Gasteiger partial charge is 0.392 e. The highest BCUT2D eigenvalue weighted by Gasteiger charge is 2.30. The van der Waals surface area contributed by atoms with E-state index in [-0.39, 0.29) is 18.0 Å². The monoisotopic (exact) mass is 270 g/mol. The first-order valence-electron chi connectivity index (χ1n) is 6.02. The van der Waals surface area contributed by atoms with Crippen LogP contribution in [0.25, 0.3) is 0 Å². The van der Waals surface area contributed by atoms with Gasteiger partial charge in [0.05, 0.1) is 11.0 Å². The predicted molar refractivity (Wildman–Crippen MR) is 68.3 cm³/mol. The minimum atomic E-state index is -3.54. The molecule has 6 heteroatoms. The zero-order chi connectivity index (χ0) is 13.2. The van der Waals surface area contributed by atoms with E-state index in [0.717, 1.165) is 0 Å². The molecule has 1 saturated heterocycles. The van der Waals surface area contributed by atoms with Crippen LogP contribution in [0.4, 0.5) is 0 Å². The first-order chi connectivity index (χ1) is 8.55. The SMILES string of the molecule is NCc1ccccc1S(=O)(=O)N1CCCC(O)C1. The van der Waals surface area contributed by atoms with Crippen LogP contribution in [0.15, 0.2) is 29.2 Å². The van der Waals surface area contributed by atoms with Crippen molar-refractivity contribution < 1.29 is 13.5 Å². The Morgan fingerprint density at radius 1 is 1.39 bits per heavy atom. The molecule has 1 aliphatic rings. The number of nitrogens with two attached hydrogens (primary N) is 1. The van der Waals surface area contributed by atoms with Gasteiger partial charge in [0.15, 0.2) is 0 Å². The first-order valence-corrected chi connectivity index (χ1v) is 7.46. The van der Waals surface area contributed by atoms with E-state index < -0.39 is 16.1 Å². The topological polar surface area (TPSA) is 83.6 Å². The van der Waals surface area contributed by atoms with Crippen LogP contribution in [0.1, 0.15) is 18.4 Å². The van der Waals surface area contributed by atoms with Crippen molar-refractivity contribution in [3.8, 4) is 0 Å². The highest BCUT2D eigenvalue weighted by atomic mass is 32.2. The summed E-state index contributed by atoms with van der Waals surface area (Å²) in [5.74, 6) is 0. The Hall–Kier alpha value is -0.950. The Morgan fingerprint density at radius 3 is 2.78 bits per heavy atom. The minimum absolute atomic E-state index is 0.168. The third-order valence-corrected chi connectivity index (χ3v) is 5.14. The number of aliphatic hydroxyl groups excluding tert-OH is 1. The van der Waals surface area contributed by atoms with E-state index in [4.69, 9.17) is 5.73 Å². The van der Waals surface area contributed by atoms with E-state index in [1.54, 1.807) is 24.3 Å². The fraction of sp³-hybridized carbons (Fsp3) is 0.500. The van der Waals surface area contributed by atoms with Crippen molar-refractivity contribution >= 4 is 10.0 Å². The second kappa shape index (κ2) is 5.36. The molecule has 1 heterocycles. The number of hydrogen-bond acceptors (Lipinski definition) is 4. The van der Waals surface area contributed by atoms with Crippen molar-refractivity contribution in [3.63, 3.8) is 0 Å². The molecular formula is C12H18N2O3S. The second-order valence-electron chi connectivity index (χ2n) is 4.47. The Kier molecular flexibility index (Phi) is 4.01. The molecule has 5 nitrogen and oxygen atoms in total. The summed E-state index contributed by atoms with van der Waals surface area (Å²) in [5.41, 5.74) is 6.18. The summed E-state index contributed by atoms with van der Waals surface area (Å²) in [6.07, 6.45) is 0.772. The highest BCUT2D eigenvalue weighted by molar-refractivity contribution is 7.89. The van der Waals surface area contributed by atoms with Crippen LogP contribution in [0, 0.1) is 0 Å².